The van der Waals surface area contributed by atoms with Crippen molar-refractivity contribution < 1.29 is 5.11 Å². The van der Waals surface area contributed by atoms with E-state index in [2.05, 4.69) is 40.7 Å². The first-order valence-corrected chi connectivity index (χ1v) is 6.20. The van der Waals surface area contributed by atoms with E-state index in [0.29, 0.717) is 0 Å². The third-order valence-corrected chi connectivity index (χ3v) is 4.09. The number of aliphatic hydroxyl groups excluding tert-OH is 1. The molecule has 1 atom stereocenters. The summed E-state index contributed by atoms with van der Waals surface area (Å²) in [5.41, 5.74) is 9.03. The molecule has 0 amide bonds. The van der Waals surface area contributed by atoms with Crippen LogP contribution in [0.3, 0.4) is 0 Å². The summed E-state index contributed by atoms with van der Waals surface area (Å²) in [4.78, 5) is 0. The second kappa shape index (κ2) is 5.05. The molecule has 17 heavy (non-hydrogen) atoms. The van der Waals surface area contributed by atoms with Gasteiger partial charge in [0.15, 0.2) is 0 Å². The van der Waals surface area contributed by atoms with Gasteiger partial charge >= 0.3 is 0 Å². The predicted molar refractivity (Wildman–Crippen MR) is 75.5 cm³/mol. The van der Waals surface area contributed by atoms with Gasteiger partial charge in [-0.1, -0.05) is 6.08 Å². The van der Waals surface area contributed by atoms with Crippen molar-refractivity contribution in [3.8, 4) is 0 Å². The Hall–Kier alpha value is -1.08. The van der Waals surface area contributed by atoms with Gasteiger partial charge in [0.1, 0.15) is 0 Å². The molecular formula is C16H24O. The van der Waals surface area contributed by atoms with Crippen LogP contribution in [-0.2, 0) is 0 Å². The molecule has 0 aliphatic rings. The summed E-state index contributed by atoms with van der Waals surface area (Å²) >= 11 is 0. The van der Waals surface area contributed by atoms with E-state index < -0.39 is 0 Å². The van der Waals surface area contributed by atoms with Gasteiger partial charge in [-0.2, -0.15) is 0 Å². The molecule has 0 fully saturated rings. The quantitative estimate of drug-likeness (QED) is 0.816. The van der Waals surface area contributed by atoms with Crippen molar-refractivity contribution in [2.45, 2.75) is 54.6 Å². The minimum absolute atomic E-state index is 0.379. The predicted octanol–water partition coefficient (Wildman–Crippen LogP) is 4.01. The van der Waals surface area contributed by atoms with Crippen LogP contribution in [0.25, 0.3) is 6.08 Å². The van der Waals surface area contributed by atoms with Gasteiger partial charge in [-0.05, 0) is 87.4 Å². The van der Waals surface area contributed by atoms with Crippen LogP contribution in [0.1, 0.15) is 47.2 Å². The highest BCUT2D eigenvalue weighted by Gasteiger charge is 2.11. The summed E-state index contributed by atoms with van der Waals surface area (Å²) in [6.45, 7) is 14.6. The summed E-state index contributed by atoms with van der Waals surface area (Å²) in [5, 5.41) is 9.59. The van der Waals surface area contributed by atoms with Gasteiger partial charge in [0.05, 0.1) is 6.10 Å². The van der Waals surface area contributed by atoms with Crippen LogP contribution in [0, 0.1) is 34.6 Å². The van der Waals surface area contributed by atoms with Crippen molar-refractivity contribution in [3.05, 3.63) is 39.0 Å². The van der Waals surface area contributed by atoms with Gasteiger partial charge in [-0.15, -0.1) is 0 Å². The summed E-state index contributed by atoms with van der Waals surface area (Å²) in [5.74, 6) is 0. The topological polar surface area (TPSA) is 20.2 Å². The Morgan fingerprint density at radius 2 is 1.24 bits per heavy atom. The van der Waals surface area contributed by atoms with Crippen LogP contribution < -0.4 is 0 Å². The minimum atomic E-state index is -0.379. The van der Waals surface area contributed by atoms with Crippen molar-refractivity contribution in [1.82, 2.24) is 0 Å². The third kappa shape index (κ3) is 2.61. The number of benzene rings is 1. The summed E-state index contributed by atoms with van der Waals surface area (Å²) in [6, 6.07) is 0. The highest BCUT2D eigenvalue weighted by atomic mass is 16.3. The molecule has 0 aromatic heterocycles. The van der Waals surface area contributed by atoms with Gasteiger partial charge in [0.2, 0.25) is 0 Å². The molecule has 0 aliphatic heterocycles. The van der Waals surface area contributed by atoms with Crippen LogP contribution in [0.4, 0.5) is 0 Å². The largest absolute Gasteiger partial charge is 0.389 e. The normalized spacial score (nSPS) is 14.0. The van der Waals surface area contributed by atoms with Gasteiger partial charge in [0, 0.05) is 0 Å². The van der Waals surface area contributed by atoms with Crippen LogP contribution in [0.15, 0.2) is 5.57 Å². The number of aliphatic hydroxyl groups is 1. The molecule has 1 unspecified atom stereocenters. The van der Waals surface area contributed by atoms with E-state index in [1.807, 2.05) is 13.8 Å². The smallest absolute Gasteiger partial charge is 0.0722 e. The Labute approximate surface area is 105 Å². The van der Waals surface area contributed by atoms with Crippen molar-refractivity contribution in [2.75, 3.05) is 0 Å². The van der Waals surface area contributed by atoms with Gasteiger partial charge in [-0.3, -0.25) is 0 Å². The summed E-state index contributed by atoms with van der Waals surface area (Å²) < 4.78 is 0. The first-order chi connectivity index (χ1) is 7.77. The van der Waals surface area contributed by atoms with Crippen LogP contribution >= 0.6 is 0 Å². The molecule has 94 valence electrons. The molecule has 0 saturated carbocycles. The first kappa shape index (κ1) is 14.0. The Kier molecular flexibility index (Phi) is 4.16. The highest BCUT2D eigenvalue weighted by Crippen LogP contribution is 2.28. The minimum Gasteiger partial charge on any atom is -0.389 e. The SMILES string of the molecule is C/C(=C\c1c(C)c(C)c(C)c(C)c1C)C(C)O. The lowest BCUT2D eigenvalue weighted by molar-refractivity contribution is 0.232. The molecule has 0 radical (unpaired) electrons. The van der Waals surface area contributed by atoms with E-state index in [-0.39, 0.29) is 6.10 Å². The molecule has 1 nitrogen and oxygen atoms in total. The van der Waals surface area contributed by atoms with Crippen molar-refractivity contribution in [3.63, 3.8) is 0 Å². The second-order valence-electron chi connectivity index (χ2n) is 5.10. The van der Waals surface area contributed by atoms with Gasteiger partial charge in [0.25, 0.3) is 0 Å². The zero-order chi connectivity index (χ0) is 13.3. The van der Waals surface area contributed by atoms with E-state index in [1.54, 1.807) is 0 Å². The average Bonchev–Trinajstić information content (AvgIpc) is 2.29. The molecular weight excluding hydrogens is 208 g/mol. The maximum absolute atomic E-state index is 9.59. The monoisotopic (exact) mass is 232 g/mol. The molecule has 1 aromatic rings. The van der Waals surface area contributed by atoms with Crippen LogP contribution in [-0.4, -0.2) is 11.2 Å². The summed E-state index contributed by atoms with van der Waals surface area (Å²) in [7, 11) is 0. The molecule has 0 aliphatic carbocycles. The Morgan fingerprint density at radius 1 is 0.882 bits per heavy atom. The average molecular weight is 232 g/mol. The van der Waals surface area contributed by atoms with Gasteiger partial charge < -0.3 is 5.11 Å². The van der Waals surface area contributed by atoms with Gasteiger partial charge in [-0.25, -0.2) is 0 Å². The lowest BCUT2D eigenvalue weighted by Crippen LogP contribution is -2.03. The zero-order valence-electron chi connectivity index (χ0n) is 12.1. The van der Waals surface area contributed by atoms with E-state index in [4.69, 9.17) is 0 Å². The van der Waals surface area contributed by atoms with Crippen molar-refractivity contribution in [2.24, 2.45) is 0 Å². The van der Waals surface area contributed by atoms with E-state index >= 15 is 0 Å². The zero-order valence-corrected chi connectivity index (χ0v) is 12.1. The fourth-order valence-corrected chi connectivity index (χ4v) is 2.09. The third-order valence-electron chi connectivity index (χ3n) is 4.09. The maximum Gasteiger partial charge on any atom is 0.0722 e. The van der Waals surface area contributed by atoms with E-state index in [0.717, 1.165) is 5.57 Å². The first-order valence-electron chi connectivity index (χ1n) is 6.20. The standard InChI is InChI=1S/C16H24O/c1-9(15(7)17)8-16-13(5)11(3)10(2)12(4)14(16)6/h8,15,17H,1-7H3/b9-8+. The maximum atomic E-state index is 9.59. The Bertz CT molecular complexity index is 436. The van der Waals surface area contributed by atoms with Crippen LogP contribution in [0.2, 0.25) is 0 Å². The molecule has 0 saturated heterocycles. The number of hydrogen-bond acceptors (Lipinski definition) is 1. The lowest BCUT2D eigenvalue weighted by Gasteiger charge is -2.17. The molecule has 1 heteroatoms. The molecule has 1 N–H and O–H groups in total. The highest BCUT2D eigenvalue weighted by molar-refractivity contribution is 5.65. The molecule has 1 rings (SSSR count). The Balaban J connectivity index is 3.50. The molecule has 0 spiro atoms. The number of rotatable bonds is 2. The van der Waals surface area contributed by atoms with Crippen molar-refractivity contribution in [1.29, 1.82) is 0 Å². The van der Waals surface area contributed by atoms with E-state index in [1.165, 1.54) is 33.4 Å². The molecule has 0 bridgehead atoms. The lowest BCUT2D eigenvalue weighted by atomic mass is 9.88. The van der Waals surface area contributed by atoms with Crippen LogP contribution in [0.5, 0.6) is 0 Å². The fraction of sp³-hybridized carbons (Fsp3) is 0.500. The molecule has 0 heterocycles. The molecule has 1 aromatic carbocycles. The fourth-order valence-electron chi connectivity index (χ4n) is 2.09. The Morgan fingerprint density at radius 3 is 1.59 bits per heavy atom. The number of hydrogen-bond donors (Lipinski definition) is 1. The van der Waals surface area contributed by atoms with E-state index in [9.17, 15) is 5.11 Å². The second-order valence-corrected chi connectivity index (χ2v) is 5.10. The van der Waals surface area contributed by atoms with Crippen molar-refractivity contribution >= 4 is 6.08 Å². The summed E-state index contributed by atoms with van der Waals surface area (Å²) in [6.07, 6.45) is 1.74.